The Balaban J connectivity index is 1.95. The highest BCUT2D eigenvalue weighted by Crippen LogP contribution is 2.22. The molecule has 0 unspecified atom stereocenters. The number of nitrogens with two attached hydrogens (primary N) is 1. The first-order valence-corrected chi connectivity index (χ1v) is 5.78. The van der Waals surface area contributed by atoms with E-state index in [0.29, 0.717) is 29.8 Å². The van der Waals surface area contributed by atoms with Gasteiger partial charge in [-0.25, -0.2) is 4.98 Å². The fourth-order valence-electron chi connectivity index (χ4n) is 1.86. The molecule has 6 nitrogen and oxygen atoms in total. The Morgan fingerprint density at radius 3 is 3.06 bits per heavy atom. The Hall–Kier alpha value is -2.08. The van der Waals surface area contributed by atoms with Gasteiger partial charge in [-0.2, -0.15) is 4.98 Å². The van der Waals surface area contributed by atoms with Crippen molar-refractivity contribution in [2.45, 2.75) is 13.0 Å². The smallest absolute Gasteiger partial charge is 0.228 e. The quantitative estimate of drug-likeness (QED) is 0.780. The van der Waals surface area contributed by atoms with E-state index in [1.807, 2.05) is 16.7 Å². The van der Waals surface area contributed by atoms with Crippen molar-refractivity contribution < 1.29 is 4.52 Å². The molecule has 0 saturated carbocycles. The SMILES string of the molecule is Nc1nc2ccc(Cl)cc2n1CCc1ncno1. The second kappa shape index (κ2) is 4.30. The van der Waals surface area contributed by atoms with Gasteiger partial charge in [-0.3, -0.25) is 0 Å². The molecule has 2 aromatic heterocycles. The fourth-order valence-corrected chi connectivity index (χ4v) is 2.03. The average molecular weight is 264 g/mol. The third-order valence-electron chi connectivity index (χ3n) is 2.70. The average Bonchev–Trinajstić information content (AvgIpc) is 2.94. The molecule has 3 aromatic rings. The lowest BCUT2D eigenvalue weighted by atomic mass is 10.3. The Morgan fingerprint density at radius 1 is 1.39 bits per heavy atom. The lowest BCUT2D eigenvalue weighted by Gasteiger charge is -2.04. The van der Waals surface area contributed by atoms with Crippen LogP contribution in [0.2, 0.25) is 5.02 Å². The van der Waals surface area contributed by atoms with Crippen LogP contribution in [0.15, 0.2) is 29.0 Å². The molecule has 7 heteroatoms. The standard InChI is InChI=1S/C11H10ClN5O/c12-7-1-2-8-9(5-7)17(11(13)16-8)4-3-10-14-6-15-18-10/h1-2,5-6H,3-4H2,(H2,13,16). The molecule has 0 saturated heterocycles. The van der Waals surface area contributed by atoms with E-state index in [4.69, 9.17) is 21.9 Å². The minimum Gasteiger partial charge on any atom is -0.369 e. The Morgan fingerprint density at radius 2 is 2.28 bits per heavy atom. The molecule has 0 bridgehead atoms. The molecule has 18 heavy (non-hydrogen) atoms. The molecule has 0 fully saturated rings. The van der Waals surface area contributed by atoms with Crippen molar-refractivity contribution in [3.05, 3.63) is 35.4 Å². The summed E-state index contributed by atoms with van der Waals surface area (Å²) in [6.07, 6.45) is 1.98. The van der Waals surface area contributed by atoms with Crippen molar-refractivity contribution in [3.8, 4) is 0 Å². The molecule has 0 amide bonds. The third kappa shape index (κ3) is 1.91. The molecular formula is C11H10ClN5O. The number of anilines is 1. The van der Waals surface area contributed by atoms with Gasteiger partial charge >= 0.3 is 0 Å². The highest BCUT2D eigenvalue weighted by atomic mass is 35.5. The van der Waals surface area contributed by atoms with Crippen LogP contribution in [0.5, 0.6) is 0 Å². The molecular weight excluding hydrogens is 254 g/mol. The number of aromatic nitrogens is 4. The van der Waals surface area contributed by atoms with Gasteiger partial charge in [0.25, 0.3) is 0 Å². The number of rotatable bonds is 3. The predicted octanol–water partition coefficient (Wildman–Crippen LogP) is 1.90. The molecule has 0 radical (unpaired) electrons. The number of aryl methyl sites for hydroxylation is 2. The summed E-state index contributed by atoms with van der Waals surface area (Å²) in [6, 6.07) is 5.48. The van der Waals surface area contributed by atoms with Crippen molar-refractivity contribution in [3.63, 3.8) is 0 Å². The van der Waals surface area contributed by atoms with Crippen LogP contribution in [0.4, 0.5) is 5.95 Å². The molecule has 3 rings (SSSR count). The molecule has 2 N–H and O–H groups in total. The molecule has 0 aliphatic carbocycles. The van der Waals surface area contributed by atoms with Gasteiger partial charge in [-0.1, -0.05) is 16.8 Å². The van der Waals surface area contributed by atoms with Gasteiger partial charge in [0.15, 0.2) is 6.33 Å². The summed E-state index contributed by atoms with van der Waals surface area (Å²) in [6.45, 7) is 0.616. The van der Waals surface area contributed by atoms with Crippen LogP contribution in [0.3, 0.4) is 0 Å². The monoisotopic (exact) mass is 263 g/mol. The maximum absolute atomic E-state index is 5.98. The second-order valence-electron chi connectivity index (χ2n) is 3.84. The van der Waals surface area contributed by atoms with Gasteiger partial charge < -0.3 is 14.8 Å². The number of imidazole rings is 1. The Kier molecular flexibility index (Phi) is 2.64. The lowest BCUT2D eigenvalue weighted by molar-refractivity contribution is 0.372. The summed E-state index contributed by atoms with van der Waals surface area (Å²) in [5.74, 6) is 1.02. The zero-order valence-electron chi connectivity index (χ0n) is 9.38. The first-order chi connectivity index (χ1) is 8.74. The number of nitrogens with zero attached hydrogens (tertiary/aromatic N) is 4. The second-order valence-corrected chi connectivity index (χ2v) is 4.28. The van der Waals surface area contributed by atoms with Gasteiger partial charge in [0.2, 0.25) is 11.8 Å². The summed E-state index contributed by atoms with van der Waals surface area (Å²) in [7, 11) is 0. The van der Waals surface area contributed by atoms with Crippen LogP contribution in [0, 0.1) is 0 Å². The Labute approximate surface area is 107 Å². The van der Waals surface area contributed by atoms with Gasteiger partial charge in [0.05, 0.1) is 11.0 Å². The fraction of sp³-hybridized carbons (Fsp3) is 0.182. The molecule has 2 heterocycles. The summed E-state index contributed by atoms with van der Waals surface area (Å²) in [4.78, 5) is 8.23. The summed E-state index contributed by atoms with van der Waals surface area (Å²) >= 11 is 5.98. The highest BCUT2D eigenvalue weighted by Gasteiger charge is 2.09. The third-order valence-corrected chi connectivity index (χ3v) is 2.93. The van der Waals surface area contributed by atoms with Crippen molar-refractivity contribution in [1.29, 1.82) is 0 Å². The molecule has 0 spiro atoms. The number of hydrogen-bond acceptors (Lipinski definition) is 5. The predicted molar refractivity (Wildman–Crippen MR) is 67.2 cm³/mol. The number of benzene rings is 1. The molecule has 0 aliphatic rings. The van der Waals surface area contributed by atoms with Crippen LogP contribution < -0.4 is 5.73 Å². The van der Waals surface area contributed by atoms with Crippen LogP contribution in [0.25, 0.3) is 11.0 Å². The molecule has 0 atom stereocenters. The summed E-state index contributed by atoms with van der Waals surface area (Å²) in [5.41, 5.74) is 7.61. The zero-order valence-corrected chi connectivity index (χ0v) is 10.1. The van der Waals surface area contributed by atoms with Gasteiger partial charge in [0, 0.05) is 18.0 Å². The molecule has 0 aliphatic heterocycles. The van der Waals surface area contributed by atoms with E-state index in [9.17, 15) is 0 Å². The molecule has 92 valence electrons. The first-order valence-electron chi connectivity index (χ1n) is 5.41. The van der Waals surface area contributed by atoms with Gasteiger partial charge in [-0.05, 0) is 18.2 Å². The van der Waals surface area contributed by atoms with E-state index in [1.54, 1.807) is 6.07 Å². The van der Waals surface area contributed by atoms with Crippen molar-refractivity contribution in [2.75, 3.05) is 5.73 Å². The van der Waals surface area contributed by atoms with Crippen molar-refractivity contribution in [2.24, 2.45) is 0 Å². The number of fused-ring (bicyclic) bond motifs is 1. The Bertz CT molecular complexity index is 676. The number of nitrogen functional groups attached to an aromatic ring is 1. The van der Waals surface area contributed by atoms with Crippen LogP contribution in [0.1, 0.15) is 5.89 Å². The van der Waals surface area contributed by atoms with E-state index in [-0.39, 0.29) is 0 Å². The van der Waals surface area contributed by atoms with Gasteiger partial charge in [0.1, 0.15) is 0 Å². The van der Waals surface area contributed by atoms with E-state index < -0.39 is 0 Å². The van der Waals surface area contributed by atoms with Crippen molar-refractivity contribution in [1.82, 2.24) is 19.7 Å². The maximum atomic E-state index is 5.98. The van der Waals surface area contributed by atoms with Crippen molar-refractivity contribution >= 4 is 28.6 Å². The van der Waals surface area contributed by atoms with Gasteiger partial charge in [-0.15, -0.1) is 0 Å². The summed E-state index contributed by atoms with van der Waals surface area (Å²) in [5, 5.41) is 4.21. The van der Waals surface area contributed by atoms with E-state index in [1.165, 1.54) is 6.33 Å². The largest absolute Gasteiger partial charge is 0.369 e. The number of halogens is 1. The van der Waals surface area contributed by atoms with E-state index >= 15 is 0 Å². The molecule has 1 aromatic carbocycles. The topological polar surface area (TPSA) is 82.8 Å². The summed E-state index contributed by atoms with van der Waals surface area (Å²) < 4.78 is 6.83. The van der Waals surface area contributed by atoms with Crippen LogP contribution >= 0.6 is 11.6 Å². The minimum atomic E-state index is 0.451. The van der Waals surface area contributed by atoms with Crippen LogP contribution in [-0.2, 0) is 13.0 Å². The van der Waals surface area contributed by atoms with Crippen LogP contribution in [-0.4, -0.2) is 19.7 Å². The first kappa shape index (κ1) is 11.0. The highest BCUT2D eigenvalue weighted by molar-refractivity contribution is 6.31. The minimum absolute atomic E-state index is 0.451. The maximum Gasteiger partial charge on any atom is 0.228 e. The zero-order chi connectivity index (χ0) is 12.5. The van der Waals surface area contributed by atoms with E-state index in [0.717, 1.165) is 11.0 Å². The normalized spacial score (nSPS) is 11.2. The number of hydrogen-bond donors (Lipinski definition) is 1. The lowest BCUT2D eigenvalue weighted by Crippen LogP contribution is -2.05. The van der Waals surface area contributed by atoms with E-state index in [2.05, 4.69) is 15.1 Å².